The van der Waals surface area contributed by atoms with Gasteiger partial charge in [-0.15, -0.1) is 0 Å². The summed E-state index contributed by atoms with van der Waals surface area (Å²) in [6.45, 7) is 0. The van der Waals surface area contributed by atoms with Crippen LogP contribution in [0.2, 0.25) is 0 Å². The van der Waals surface area contributed by atoms with Crippen molar-refractivity contribution in [2.24, 2.45) is 0 Å². The van der Waals surface area contributed by atoms with Crippen LogP contribution in [0.25, 0.3) is 0 Å². The fourth-order valence-corrected chi connectivity index (χ4v) is 1.72. The highest BCUT2D eigenvalue weighted by Gasteiger charge is 1.96. The zero-order valence-corrected chi connectivity index (χ0v) is 9.32. The van der Waals surface area contributed by atoms with E-state index in [1.807, 2.05) is 60.7 Å². The third kappa shape index (κ3) is 3.14. The molecule has 75 valence electrons. The van der Waals surface area contributed by atoms with Crippen molar-refractivity contribution in [1.82, 2.24) is 0 Å². The number of hydrogen-bond donors (Lipinski definition) is 0. The molecule has 0 saturated heterocycles. The number of para-hydroxylation sites is 2. The van der Waals surface area contributed by atoms with Crippen molar-refractivity contribution in [3.63, 3.8) is 0 Å². The summed E-state index contributed by atoms with van der Waals surface area (Å²) < 4.78 is 10.9. The van der Waals surface area contributed by atoms with Crippen molar-refractivity contribution in [3.05, 3.63) is 60.7 Å². The lowest BCUT2D eigenvalue weighted by molar-refractivity contribution is 0.459. The van der Waals surface area contributed by atoms with Crippen molar-refractivity contribution in [2.45, 2.75) is 0 Å². The van der Waals surface area contributed by atoms with Gasteiger partial charge < -0.3 is 8.85 Å². The molecule has 0 heterocycles. The average molecular weight is 215 g/mol. The van der Waals surface area contributed by atoms with E-state index in [1.54, 1.807) is 0 Å². The molecule has 0 bridgehead atoms. The van der Waals surface area contributed by atoms with Crippen LogP contribution in [0.1, 0.15) is 0 Å². The van der Waals surface area contributed by atoms with Crippen molar-refractivity contribution >= 4 is 10.0 Å². The van der Waals surface area contributed by atoms with Crippen LogP contribution >= 0.6 is 0 Å². The molecular weight excluding hydrogens is 204 g/mol. The van der Waals surface area contributed by atoms with Gasteiger partial charge in [0.1, 0.15) is 11.5 Å². The first-order chi connectivity index (χ1) is 7.45. The molecule has 0 aliphatic rings. The summed E-state index contributed by atoms with van der Waals surface area (Å²) in [4.78, 5) is 0. The van der Waals surface area contributed by atoms with E-state index in [-0.39, 0.29) is 0 Å². The molecule has 2 nitrogen and oxygen atoms in total. The molecule has 2 rings (SSSR count). The summed E-state index contributed by atoms with van der Waals surface area (Å²) in [5.74, 6) is 1.70. The lowest BCUT2D eigenvalue weighted by Crippen LogP contribution is -2.10. The lowest BCUT2D eigenvalue weighted by Gasteiger charge is -2.06. The Balaban J connectivity index is 1.81. The van der Waals surface area contributed by atoms with Crippen LogP contribution in [0.4, 0.5) is 0 Å². The van der Waals surface area contributed by atoms with E-state index >= 15 is 0 Å². The molecule has 0 atom stereocenters. The van der Waals surface area contributed by atoms with Crippen molar-refractivity contribution in [1.29, 1.82) is 0 Å². The Kier molecular flexibility index (Phi) is 3.41. The normalized spacial score (nSPS) is 9.60. The molecule has 2 aromatic carbocycles. The minimum Gasteiger partial charge on any atom is -0.512 e. The van der Waals surface area contributed by atoms with E-state index in [4.69, 9.17) is 8.85 Å². The minimum absolute atomic E-state index is 0.499. The van der Waals surface area contributed by atoms with E-state index in [2.05, 4.69) is 0 Å². The van der Waals surface area contributed by atoms with Crippen LogP contribution in [0.3, 0.4) is 0 Å². The standard InChI is InChI=1S/C12H11O2Si/c1-3-7-11(8-4-1)13-15-14-12-9-5-2-6-10-12/h1-10,15H. The second-order valence-electron chi connectivity index (χ2n) is 2.96. The Morgan fingerprint density at radius 1 is 0.600 bits per heavy atom. The largest absolute Gasteiger partial charge is 0.512 e. The zero-order chi connectivity index (χ0) is 10.3. The summed E-state index contributed by atoms with van der Waals surface area (Å²) >= 11 is 0. The smallest absolute Gasteiger partial charge is 0.512 e. The second kappa shape index (κ2) is 5.22. The quantitative estimate of drug-likeness (QED) is 0.729. The first-order valence-corrected chi connectivity index (χ1v) is 5.64. The Morgan fingerprint density at radius 3 is 1.40 bits per heavy atom. The van der Waals surface area contributed by atoms with Crippen LogP contribution in [-0.2, 0) is 0 Å². The van der Waals surface area contributed by atoms with Crippen LogP contribution in [0, 0.1) is 0 Å². The molecule has 0 aromatic heterocycles. The molecule has 0 spiro atoms. The van der Waals surface area contributed by atoms with Gasteiger partial charge >= 0.3 is 10.0 Å². The molecule has 0 aliphatic heterocycles. The van der Waals surface area contributed by atoms with Crippen LogP contribution < -0.4 is 8.85 Å². The van der Waals surface area contributed by atoms with Crippen molar-refractivity contribution in [3.8, 4) is 11.5 Å². The Hall–Kier alpha value is -1.74. The molecule has 0 aliphatic carbocycles. The fraction of sp³-hybridized carbons (Fsp3) is 0. The highest BCUT2D eigenvalue weighted by Crippen LogP contribution is 2.10. The van der Waals surface area contributed by atoms with Gasteiger partial charge in [0, 0.05) is 0 Å². The first-order valence-electron chi connectivity index (χ1n) is 4.70. The monoisotopic (exact) mass is 215 g/mol. The van der Waals surface area contributed by atoms with Crippen LogP contribution in [0.15, 0.2) is 60.7 Å². The van der Waals surface area contributed by atoms with E-state index in [0.717, 1.165) is 11.5 Å². The van der Waals surface area contributed by atoms with Gasteiger partial charge in [0.05, 0.1) is 0 Å². The zero-order valence-electron chi connectivity index (χ0n) is 8.17. The maximum absolute atomic E-state index is 5.47. The summed E-state index contributed by atoms with van der Waals surface area (Å²) in [5.41, 5.74) is 0. The predicted molar refractivity (Wildman–Crippen MR) is 61.3 cm³/mol. The van der Waals surface area contributed by atoms with Gasteiger partial charge in [-0.1, -0.05) is 36.4 Å². The van der Waals surface area contributed by atoms with E-state index in [1.165, 1.54) is 0 Å². The van der Waals surface area contributed by atoms with Crippen LogP contribution in [0.5, 0.6) is 11.5 Å². The topological polar surface area (TPSA) is 18.5 Å². The van der Waals surface area contributed by atoms with Crippen LogP contribution in [-0.4, -0.2) is 10.0 Å². The maximum atomic E-state index is 5.47. The molecule has 0 fully saturated rings. The second-order valence-corrected chi connectivity index (χ2v) is 3.62. The average Bonchev–Trinajstić information content (AvgIpc) is 2.32. The highest BCUT2D eigenvalue weighted by molar-refractivity contribution is 6.20. The Labute approximate surface area is 91.5 Å². The molecule has 0 unspecified atom stereocenters. The number of hydrogen-bond acceptors (Lipinski definition) is 2. The third-order valence-corrected chi connectivity index (χ3v) is 2.59. The fourth-order valence-electron chi connectivity index (χ4n) is 1.13. The van der Waals surface area contributed by atoms with Crippen molar-refractivity contribution in [2.75, 3.05) is 0 Å². The summed E-state index contributed by atoms with van der Waals surface area (Å²) in [6.07, 6.45) is 0. The summed E-state index contributed by atoms with van der Waals surface area (Å²) in [6, 6.07) is 19.4. The van der Waals surface area contributed by atoms with Gasteiger partial charge in [0.25, 0.3) is 0 Å². The van der Waals surface area contributed by atoms with Gasteiger partial charge in [0.15, 0.2) is 0 Å². The molecule has 0 N–H and O–H groups in total. The van der Waals surface area contributed by atoms with Gasteiger partial charge in [-0.05, 0) is 24.3 Å². The molecule has 15 heavy (non-hydrogen) atoms. The highest BCUT2D eigenvalue weighted by atomic mass is 28.3. The predicted octanol–water partition coefficient (Wildman–Crippen LogP) is 2.41. The van der Waals surface area contributed by atoms with Gasteiger partial charge in [-0.2, -0.15) is 0 Å². The molecule has 1 radical (unpaired) electrons. The van der Waals surface area contributed by atoms with Gasteiger partial charge in [0.2, 0.25) is 0 Å². The SMILES string of the molecule is c1ccc(O[SiH]Oc2ccccc2)cc1. The van der Waals surface area contributed by atoms with Gasteiger partial charge in [-0.25, -0.2) is 0 Å². The molecule has 3 heteroatoms. The number of rotatable bonds is 4. The lowest BCUT2D eigenvalue weighted by atomic mass is 10.3. The van der Waals surface area contributed by atoms with Gasteiger partial charge in [-0.3, -0.25) is 0 Å². The van der Waals surface area contributed by atoms with E-state index in [9.17, 15) is 0 Å². The molecular formula is C12H11O2Si. The Morgan fingerprint density at radius 2 is 1.00 bits per heavy atom. The summed E-state index contributed by atoms with van der Waals surface area (Å²) in [7, 11) is -0.499. The molecule has 0 saturated carbocycles. The molecule has 0 amide bonds. The first kappa shape index (κ1) is 9.80. The Bertz CT molecular complexity index is 349. The summed E-state index contributed by atoms with van der Waals surface area (Å²) in [5, 5.41) is 0. The van der Waals surface area contributed by atoms with E-state index < -0.39 is 10.0 Å². The molecule has 2 aromatic rings. The number of benzene rings is 2. The van der Waals surface area contributed by atoms with Crippen molar-refractivity contribution < 1.29 is 8.85 Å². The maximum Gasteiger partial charge on any atom is 0.512 e. The van der Waals surface area contributed by atoms with E-state index in [0.29, 0.717) is 0 Å². The third-order valence-electron chi connectivity index (χ3n) is 1.85. The minimum atomic E-state index is -0.499.